The van der Waals surface area contributed by atoms with Crippen LogP contribution in [0.15, 0.2) is 96.2 Å². The maximum atomic E-state index is 15.8. The number of aromatic nitrogens is 2. The highest BCUT2D eigenvalue weighted by Gasteiger charge is 2.47. The van der Waals surface area contributed by atoms with Gasteiger partial charge in [0.2, 0.25) is 23.6 Å². The van der Waals surface area contributed by atoms with Crippen molar-refractivity contribution in [2.45, 2.75) is 109 Å². The van der Waals surface area contributed by atoms with Gasteiger partial charge in [0.1, 0.15) is 66.1 Å². The van der Waals surface area contributed by atoms with Crippen molar-refractivity contribution in [3.63, 3.8) is 0 Å². The summed E-state index contributed by atoms with van der Waals surface area (Å²) in [5.74, 6) is 1.74. The lowest BCUT2D eigenvalue weighted by molar-refractivity contribution is -0.139. The summed E-state index contributed by atoms with van der Waals surface area (Å²) in [6.45, 7) is 16.5. The summed E-state index contributed by atoms with van der Waals surface area (Å²) in [7, 11) is 1.57. The topological polar surface area (TPSA) is 231 Å². The number of anilines is 3. The SMILES string of the molecule is COc1ccc(C2=N[C@@H](c3ccc(Cl)cc3)[C@@H](c3ccc(Cl)cc3)N2C(=O)N2CCN(CC(=O)NCCOCCN3C[C@H]4CC(OCC(=O)NCCCNc5cc(N6CCC7(CC6)CN(c6cc(F)c(CN8CCC(C)(C)CC8)cc6F)CC(=O)N7)ncn5)C[C@H]4C3)C(=O)C2)c(OC(C)C)c1. The summed E-state index contributed by atoms with van der Waals surface area (Å²) >= 11 is 12.8. The Bertz CT molecular complexity index is 3770. The zero-order valence-corrected chi connectivity index (χ0v) is 59.9. The number of amides is 6. The number of nitrogens with one attached hydrogen (secondary N) is 4. The van der Waals surface area contributed by atoms with Crippen molar-refractivity contribution in [1.82, 2.24) is 50.4 Å². The highest BCUT2D eigenvalue weighted by Crippen LogP contribution is 2.47. The maximum absolute atomic E-state index is 15.8. The fourth-order valence-electron chi connectivity index (χ4n) is 15.1. The number of hydrogen-bond donors (Lipinski definition) is 4. The van der Waals surface area contributed by atoms with Crippen LogP contribution in [0, 0.1) is 28.9 Å². The molecule has 6 aliphatic heterocycles. The fourth-order valence-corrected chi connectivity index (χ4v) is 15.4. The third kappa shape index (κ3) is 18.3. The summed E-state index contributed by atoms with van der Waals surface area (Å²) in [5.41, 5.74) is 2.27. The van der Waals surface area contributed by atoms with Crippen molar-refractivity contribution in [2.24, 2.45) is 22.2 Å². The second kappa shape index (κ2) is 32.6. The molecule has 1 aliphatic carbocycles. The number of halogens is 4. The van der Waals surface area contributed by atoms with Crippen LogP contribution in [0.4, 0.5) is 30.9 Å². The van der Waals surface area contributed by atoms with Crippen molar-refractivity contribution in [2.75, 3.05) is 147 Å². The first-order valence-corrected chi connectivity index (χ1v) is 36.2. The summed E-state index contributed by atoms with van der Waals surface area (Å²) < 4.78 is 55.3. The van der Waals surface area contributed by atoms with E-state index in [1.54, 1.807) is 53.3 Å². The minimum atomic E-state index is -0.658. The quantitative estimate of drug-likeness (QED) is 0.0379. The summed E-state index contributed by atoms with van der Waals surface area (Å²) in [6, 6.07) is 22.8. The van der Waals surface area contributed by atoms with E-state index < -0.39 is 35.3 Å². The van der Waals surface area contributed by atoms with Gasteiger partial charge in [0.05, 0.1) is 68.5 Å². The molecule has 6 fully saturated rings. The highest BCUT2D eigenvalue weighted by atomic mass is 35.5. The third-order valence-electron chi connectivity index (χ3n) is 20.7. The zero-order valence-electron chi connectivity index (χ0n) is 58.4. The van der Waals surface area contributed by atoms with E-state index in [9.17, 15) is 19.2 Å². The largest absolute Gasteiger partial charge is 0.497 e. The van der Waals surface area contributed by atoms with Gasteiger partial charge in [-0.3, -0.25) is 34.0 Å². The molecule has 4 N–H and O–H groups in total. The molecular formula is C74H94Cl2F2N14O9. The first-order chi connectivity index (χ1) is 48.6. The lowest BCUT2D eigenvalue weighted by Crippen LogP contribution is -2.66. The van der Waals surface area contributed by atoms with Crippen LogP contribution >= 0.6 is 23.2 Å². The predicted octanol–water partition coefficient (Wildman–Crippen LogP) is 8.74. The van der Waals surface area contributed by atoms with E-state index >= 15 is 13.6 Å². The number of hydrogen-bond acceptors (Lipinski definition) is 17. The maximum Gasteiger partial charge on any atom is 0.326 e. The van der Waals surface area contributed by atoms with Crippen molar-refractivity contribution in [3.05, 3.63) is 135 Å². The molecule has 1 saturated carbocycles. The van der Waals surface area contributed by atoms with Crippen LogP contribution in [0.3, 0.4) is 0 Å². The number of carbonyl (C=O) groups excluding carboxylic acids is 5. The lowest BCUT2D eigenvalue weighted by Gasteiger charge is -2.48. The molecule has 0 bridgehead atoms. The molecule has 1 aromatic heterocycles. The minimum Gasteiger partial charge on any atom is -0.497 e. The Labute approximate surface area is 599 Å². The summed E-state index contributed by atoms with van der Waals surface area (Å²) in [4.78, 5) is 95.4. The second-order valence-electron chi connectivity index (χ2n) is 28.9. The summed E-state index contributed by atoms with van der Waals surface area (Å²) in [6.07, 6.45) is 7.01. The second-order valence-corrected chi connectivity index (χ2v) is 29.8. The van der Waals surface area contributed by atoms with Gasteiger partial charge in [-0.15, -0.1) is 0 Å². The molecular weight excluding hydrogens is 1340 g/mol. The number of piperidine rings is 2. The van der Waals surface area contributed by atoms with Gasteiger partial charge in [0, 0.05) is 112 Å². The molecule has 12 rings (SSSR count). The molecule has 7 aliphatic rings. The first-order valence-electron chi connectivity index (χ1n) is 35.5. The highest BCUT2D eigenvalue weighted by molar-refractivity contribution is 6.30. The molecule has 1 unspecified atom stereocenters. The molecule has 1 spiro atoms. The van der Waals surface area contributed by atoms with Gasteiger partial charge in [0.25, 0.3) is 0 Å². The van der Waals surface area contributed by atoms with E-state index in [-0.39, 0.29) is 92.8 Å². The number of amidine groups is 1. The van der Waals surface area contributed by atoms with Crippen LogP contribution < -0.4 is 40.5 Å². The van der Waals surface area contributed by atoms with E-state index in [2.05, 4.69) is 59.8 Å². The molecule has 7 heterocycles. The number of methoxy groups -OCH3 is 1. The van der Waals surface area contributed by atoms with Crippen LogP contribution in [-0.2, 0) is 35.2 Å². The van der Waals surface area contributed by atoms with Gasteiger partial charge in [-0.25, -0.2) is 23.5 Å². The molecule has 542 valence electrons. The summed E-state index contributed by atoms with van der Waals surface area (Å²) in [5, 5.41) is 13.5. The van der Waals surface area contributed by atoms with E-state index in [4.69, 9.17) is 47.1 Å². The van der Waals surface area contributed by atoms with Crippen LogP contribution in [0.1, 0.15) is 107 Å². The number of benzene rings is 4. The van der Waals surface area contributed by atoms with Crippen molar-refractivity contribution >= 4 is 76.0 Å². The van der Waals surface area contributed by atoms with Crippen LogP contribution in [0.5, 0.6) is 11.5 Å². The Morgan fingerprint density at radius 1 is 0.752 bits per heavy atom. The standard InChI is InChI=1S/C74H94Cl2F2N14O9/c1-48(2)101-62-36-56(98-5)15-16-58(62)71-84-69(49-7-11-54(75)12-8-49)70(50-9-13-55(76)14-10-50)92(71)72(97)90-29-28-89(68(96)44-90)42-65(93)81-23-31-99-32-30-87-39-51-33-57(34-52(51)40-87)100-45-67(95)80-22-6-21-79-63-38-64(83-47-82-63)88-26-19-74(20-27-88)46-91(43-66(94)85-74)61-37-59(77)53(35-60(61)78)41-86-24-17-73(3,4)18-25-86/h7-16,35-38,47-48,51-52,57,69-70H,6,17-34,39-46H2,1-5H3,(H,80,95)(H,81,93)(H,85,94)(H,79,82,83)/t51-,52+,57?,69-,70+/m0/s1. The third-order valence-corrected chi connectivity index (χ3v) is 21.2. The van der Waals surface area contributed by atoms with Crippen LogP contribution in [0.2, 0.25) is 10.0 Å². The number of nitrogens with zero attached hydrogens (tertiary/aromatic N) is 10. The lowest BCUT2D eigenvalue weighted by atomic mass is 9.82. The molecule has 4 aromatic carbocycles. The van der Waals surface area contributed by atoms with Crippen molar-refractivity contribution < 1.29 is 51.7 Å². The van der Waals surface area contributed by atoms with Gasteiger partial charge >= 0.3 is 6.03 Å². The first kappa shape index (κ1) is 72.8. The predicted molar refractivity (Wildman–Crippen MR) is 383 cm³/mol. The Morgan fingerprint density at radius 3 is 2.17 bits per heavy atom. The van der Waals surface area contributed by atoms with Gasteiger partial charge in [-0.1, -0.05) is 61.3 Å². The Balaban J connectivity index is 0.515. The number of likely N-dealkylation sites (tertiary alicyclic amines) is 2. The molecule has 5 atom stereocenters. The van der Waals surface area contributed by atoms with Gasteiger partial charge in [0.15, 0.2) is 0 Å². The smallest absolute Gasteiger partial charge is 0.326 e. The average Bonchev–Trinajstić information content (AvgIpc) is 1.63. The molecule has 27 heteroatoms. The number of fused-ring (bicyclic) bond motifs is 1. The number of carbonyl (C=O) groups is 5. The van der Waals surface area contributed by atoms with Crippen molar-refractivity contribution in [1.29, 1.82) is 0 Å². The number of ether oxygens (including phenoxy) is 4. The Morgan fingerprint density at radius 2 is 1.47 bits per heavy atom. The van der Waals surface area contributed by atoms with Gasteiger partial charge < -0.3 is 64.7 Å². The van der Waals surface area contributed by atoms with Crippen LogP contribution in [-0.4, -0.2) is 219 Å². The molecule has 0 radical (unpaired) electrons. The number of piperazine rings is 2. The monoisotopic (exact) mass is 1430 g/mol. The molecule has 5 aromatic rings. The molecule has 101 heavy (non-hydrogen) atoms. The minimum absolute atomic E-state index is 0.00671. The fraction of sp³-hybridized carbons (Fsp3) is 0.541. The number of rotatable bonds is 26. The van der Waals surface area contributed by atoms with Crippen molar-refractivity contribution in [3.8, 4) is 11.5 Å². The molecule has 6 amide bonds. The molecule has 5 saturated heterocycles. The van der Waals surface area contributed by atoms with Crippen LogP contribution in [0.25, 0.3) is 0 Å². The van der Waals surface area contributed by atoms with E-state index in [1.807, 2.05) is 50.2 Å². The van der Waals surface area contributed by atoms with E-state index in [0.717, 1.165) is 75.4 Å². The number of aliphatic imine (C=N–C) groups is 1. The Kier molecular flexibility index (Phi) is 23.5. The van der Waals surface area contributed by atoms with Gasteiger partial charge in [-0.05, 0) is 143 Å². The molecule has 23 nitrogen and oxygen atoms in total. The Hall–Kier alpha value is -7.94. The average molecular weight is 1430 g/mol. The van der Waals surface area contributed by atoms with E-state index in [0.29, 0.717) is 128 Å². The van der Waals surface area contributed by atoms with E-state index in [1.165, 1.54) is 28.3 Å². The van der Waals surface area contributed by atoms with Gasteiger partial charge in [-0.2, -0.15) is 0 Å². The number of urea groups is 1. The zero-order chi connectivity index (χ0) is 71.0. The normalized spacial score (nSPS) is 22.2.